The van der Waals surface area contributed by atoms with Gasteiger partial charge in [-0.2, -0.15) is 0 Å². The average Bonchev–Trinajstić information content (AvgIpc) is 2.65. The molecule has 1 saturated heterocycles. The summed E-state index contributed by atoms with van der Waals surface area (Å²) in [7, 11) is 0. The highest BCUT2D eigenvalue weighted by atomic mass is 16.5. The van der Waals surface area contributed by atoms with Crippen LogP contribution >= 0.6 is 0 Å². The third-order valence-corrected chi connectivity index (χ3v) is 4.67. The standard InChI is InChI=1S/C18H28N4O2/c1-2-7-19-18(23)22-11-10-21(16-5-3-4-6-17(16)22)9-8-20-12-14-24-15-13-20/h3-6H,2,7-15H2,1H3,(H,19,23). The molecule has 0 bridgehead atoms. The Bertz CT molecular complexity index is 546. The first-order valence-electron chi connectivity index (χ1n) is 8.99. The van der Waals surface area contributed by atoms with Gasteiger partial charge in [-0.3, -0.25) is 9.80 Å². The maximum Gasteiger partial charge on any atom is 0.322 e. The summed E-state index contributed by atoms with van der Waals surface area (Å²) < 4.78 is 5.41. The van der Waals surface area contributed by atoms with Gasteiger partial charge in [-0.15, -0.1) is 0 Å². The minimum Gasteiger partial charge on any atom is -0.379 e. The number of hydrogen-bond acceptors (Lipinski definition) is 4. The van der Waals surface area contributed by atoms with E-state index in [2.05, 4.69) is 28.1 Å². The molecule has 1 aromatic carbocycles. The summed E-state index contributed by atoms with van der Waals surface area (Å²) in [5.74, 6) is 0. The first-order chi connectivity index (χ1) is 11.8. The first kappa shape index (κ1) is 17.0. The van der Waals surface area contributed by atoms with Crippen molar-refractivity contribution in [2.75, 3.05) is 68.8 Å². The number of amides is 2. The van der Waals surface area contributed by atoms with Gasteiger partial charge in [-0.05, 0) is 18.6 Å². The van der Waals surface area contributed by atoms with E-state index in [1.54, 1.807) is 0 Å². The normalized spacial score (nSPS) is 18.4. The topological polar surface area (TPSA) is 48.1 Å². The molecule has 0 unspecified atom stereocenters. The second kappa shape index (κ2) is 8.35. The molecule has 0 aliphatic carbocycles. The summed E-state index contributed by atoms with van der Waals surface area (Å²) >= 11 is 0. The maximum absolute atomic E-state index is 12.4. The Morgan fingerprint density at radius 1 is 1.08 bits per heavy atom. The number of ether oxygens (including phenoxy) is 1. The predicted molar refractivity (Wildman–Crippen MR) is 96.9 cm³/mol. The molecule has 6 heteroatoms. The number of benzene rings is 1. The molecular weight excluding hydrogens is 304 g/mol. The Kier molecular flexibility index (Phi) is 5.93. The van der Waals surface area contributed by atoms with Crippen LogP contribution in [0.15, 0.2) is 24.3 Å². The number of nitrogens with one attached hydrogen (secondary N) is 1. The molecule has 6 nitrogen and oxygen atoms in total. The molecular formula is C18H28N4O2. The highest BCUT2D eigenvalue weighted by Crippen LogP contribution is 2.32. The van der Waals surface area contributed by atoms with Crippen LogP contribution in [0.3, 0.4) is 0 Å². The molecule has 2 amide bonds. The SMILES string of the molecule is CCCNC(=O)N1CCN(CCN2CCOCC2)c2ccccc21. The van der Waals surface area contributed by atoms with Crippen LogP contribution in [-0.4, -0.2) is 70.0 Å². The molecule has 0 saturated carbocycles. The number of morpholine rings is 1. The Labute approximate surface area is 144 Å². The number of hydrogen-bond donors (Lipinski definition) is 1. The molecule has 0 aromatic heterocycles. The van der Waals surface area contributed by atoms with Crippen molar-refractivity contribution in [1.29, 1.82) is 0 Å². The number of carbonyl (C=O) groups excluding carboxylic acids is 1. The Morgan fingerprint density at radius 2 is 1.83 bits per heavy atom. The fourth-order valence-electron chi connectivity index (χ4n) is 3.28. The van der Waals surface area contributed by atoms with E-state index in [0.29, 0.717) is 0 Å². The second-order valence-electron chi connectivity index (χ2n) is 6.31. The van der Waals surface area contributed by atoms with E-state index >= 15 is 0 Å². The zero-order chi connectivity index (χ0) is 16.8. The van der Waals surface area contributed by atoms with Crippen LogP contribution in [0.2, 0.25) is 0 Å². The molecule has 3 rings (SSSR count). The smallest absolute Gasteiger partial charge is 0.322 e. The van der Waals surface area contributed by atoms with Gasteiger partial charge in [0, 0.05) is 45.8 Å². The minimum atomic E-state index is 0.0112. The summed E-state index contributed by atoms with van der Waals surface area (Å²) in [6.45, 7) is 10.1. The molecule has 1 N–H and O–H groups in total. The lowest BCUT2D eigenvalue weighted by Gasteiger charge is -2.39. The highest BCUT2D eigenvalue weighted by Gasteiger charge is 2.26. The lowest BCUT2D eigenvalue weighted by molar-refractivity contribution is 0.0391. The molecule has 2 heterocycles. The fourth-order valence-corrected chi connectivity index (χ4v) is 3.28. The molecule has 0 atom stereocenters. The summed E-state index contributed by atoms with van der Waals surface area (Å²) in [5, 5.41) is 2.99. The van der Waals surface area contributed by atoms with Gasteiger partial charge in [0.2, 0.25) is 0 Å². The second-order valence-corrected chi connectivity index (χ2v) is 6.31. The zero-order valence-electron chi connectivity index (χ0n) is 14.5. The maximum atomic E-state index is 12.4. The summed E-state index contributed by atoms with van der Waals surface area (Å²) in [4.78, 5) is 19.1. The molecule has 1 aromatic rings. The van der Waals surface area contributed by atoms with Crippen molar-refractivity contribution in [3.8, 4) is 0 Å². The number of para-hydroxylation sites is 2. The average molecular weight is 332 g/mol. The fraction of sp³-hybridized carbons (Fsp3) is 0.611. The third kappa shape index (κ3) is 3.99. The Balaban J connectivity index is 1.65. The molecule has 1 fully saturated rings. The number of fused-ring (bicyclic) bond motifs is 1. The van der Waals surface area contributed by atoms with E-state index in [-0.39, 0.29) is 6.03 Å². The summed E-state index contributed by atoms with van der Waals surface area (Å²) in [6.07, 6.45) is 0.951. The Hall–Kier alpha value is -1.79. The Morgan fingerprint density at radius 3 is 2.58 bits per heavy atom. The van der Waals surface area contributed by atoms with E-state index in [4.69, 9.17) is 4.74 Å². The number of urea groups is 1. The van der Waals surface area contributed by atoms with E-state index in [1.165, 1.54) is 0 Å². The van der Waals surface area contributed by atoms with Gasteiger partial charge in [0.1, 0.15) is 0 Å². The van der Waals surface area contributed by atoms with Gasteiger partial charge in [0.05, 0.1) is 24.6 Å². The van der Waals surface area contributed by atoms with E-state index in [9.17, 15) is 4.79 Å². The van der Waals surface area contributed by atoms with Gasteiger partial charge in [0.25, 0.3) is 0 Å². The summed E-state index contributed by atoms with van der Waals surface area (Å²) in [5.41, 5.74) is 2.17. The summed E-state index contributed by atoms with van der Waals surface area (Å²) in [6, 6.07) is 8.23. The van der Waals surface area contributed by atoms with Crippen LogP contribution in [0.4, 0.5) is 16.2 Å². The van der Waals surface area contributed by atoms with Gasteiger partial charge in [0.15, 0.2) is 0 Å². The lowest BCUT2D eigenvalue weighted by atomic mass is 10.1. The van der Waals surface area contributed by atoms with Gasteiger partial charge in [-0.25, -0.2) is 4.79 Å². The van der Waals surface area contributed by atoms with Gasteiger partial charge in [-0.1, -0.05) is 19.1 Å². The molecule has 2 aliphatic heterocycles. The van der Waals surface area contributed by atoms with Crippen LogP contribution in [-0.2, 0) is 4.74 Å². The number of nitrogens with zero attached hydrogens (tertiary/aromatic N) is 3. The monoisotopic (exact) mass is 332 g/mol. The van der Waals surface area contributed by atoms with E-state index < -0.39 is 0 Å². The van der Waals surface area contributed by atoms with Crippen molar-refractivity contribution in [3.63, 3.8) is 0 Å². The van der Waals surface area contributed by atoms with Crippen LogP contribution in [0.1, 0.15) is 13.3 Å². The van der Waals surface area contributed by atoms with Crippen molar-refractivity contribution in [3.05, 3.63) is 24.3 Å². The van der Waals surface area contributed by atoms with Crippen molar-refractivity contribution in [2.45, 2.75) is 13.3 Å². The largest absolute Gasteiger partial charge is 0.379 e. The van der Waals surface area contributed by atoms with Crippen molar-refractivity contribution in [2.24, 2.45) is 0 Å². The van der Waals surface area contributed by atoms with Crippen molar-refractivity contribution in [1.82, 2.24) is 10.2 Å². The molecule has 0 radical (unpaired) electrons. The molecule has 132 valence electrons. The first-order valence-corrected chi connectivity index (χ1v) is 8.99. The van der Waals surface area contributed by atoms with Gasteiger partial charge >= 0.3 is 6.03 Å². The number of rotatable bonds is 5. The van der Waals surface area contributed by atoms with E-state index in [0.717, 1.165) is 76.8 Å². The van der Waals surface area contributed by atoms with Gasteiger partial charge < -0.3 is 15.0 Å². The number of carbonyl (C=O) groups is 1. The van der Waals surface area contributed by atoms with Crippen LogP contribution in [0.5, 0.6) is 0 Å². The van der Waals surface area contributed by atoms with Crippen LogP contribution in [0.25, 0.3) is 0 Å². The number of anilines is 2. The van der Waals surface area contributed by atoms with Crippen LogP contribution < -0.4 is 15.1 Å². The molecule has 0 spiro atoms. The predicted octanol–water partition coefficient (Wildman–Crippen LogP) is 1.76. The highest BCUT2D eigenvalue weighted by molar-refractivity contribution is 5.96. The molecule has 2 aliphatic rings. The van der Waals surface area contributed by atoms with Crippen LogP contribution in [0, 0.1) is 0 Å². The van der Waals surface area contributed by atoms with E-state index in [1.807, 2.05) is 23.1 Å². The third-order valence-electron chi connectivity index (χ3n) is 4.67. The van der Waals surface area contributed by atoms with Crippen molar-refractivity contribution < 1.29 is 9.53 Å². The lowest BCUT2D eigenvalue weighted by Crippen LogP contribution is -2.50. The quantitative estimate of drug-likeness (QED) is 0.893. The zero-order valence-corrected chi connectivity index (χ0v) is 14.5. The van der Waals surface area contributed by atoms with Crippen molar-refractivity contribution >= 4 is 17.4 Å². The minimum absolute atomic E-state index is 0.0112. The molecule has 24 heavy (non-hydrogen) atoms.